The van der Waals surface area contributed by atoms with Crippen molar-refractivity contribution in [2.75, 3.05) is 0 Å². The van der Waals surface area contributed by atoms with Gasteiger partial charge in [-0.05, 0) is 29.6 Å². The minimum Gasteiger partial charge on any atom is -0.296 e. The monoisotopic (exact) mass is 289 g/mol. The number of nitrogens with zero attached hydrogens (tertiary/aromatic N) is 3. The van der Waals surface area contributed by atoms with Gasteiger partial charge >= 0.3 is 0 Å². The van der Waals surface area contributed by atoms with E-state index in [0.29, 0.717) is 22.7 Å². The Morgan fingerprint density at radius 3 is 2.84 bits per heavy atom. The van der Waals surface area contributed by atoms with E-state index in [1.54, 1.807) is 16.8 Å². The summed E-state index contributed by atoms with van der Waals surface area (Å²) in [7, 11) is 0. The first-order valence-corrected chi connectivity index (χ1v) is 6.76. The van der Waals surface area contributed by atoms with Crippen LogP contribution in [-0.2, 0) is 0 Å². The van der Waals surface area contributed by atoms with E-state index < -0.39 is 0 Å². The summed E-state index contributed by atoms with van der Waals surface area (Å²) in [6.07, 6.45) is 0.711. The first-order chi connectivity index (χ1) is 9.29. The van der Waals surface area contributed by atoms with Crippen molar-refractivity contribution < 1.29 is 4.79 Å². The van der Waals surface area contributed by atoms with Gasteiger partial charge in [0.2, 0.25) is 0 Å². The van der Waals surface area contributed by atoms with Crippen molar-refractivity contribution in [2.24, 2.45) is 0 Å². The highest BCUT2D eigenvalue weighted by Crippen LogP contribution is 2.28. The number of hydrogen-bond donors (Lipinski definition) is 0. The highest BCUT2D eigenvalue weighted by molar-refractivity contribution is 7.13. The van der Waals surface area contributed by atoms with Gasteiger partial charge in [-0.2, -0.15) is 0 Å². The zero-order chi connectivity index (χ0) is 13.2. The fourth-order valence-corrected chi connectivity index (χ4v) is 2.75. The molecule has 0 unspecified atom stereocenters. The molecule has 0 fully saturated rings. The van der Waals surface area contributed by atoms with Gasteiger partial charge < -0.3 is 0 Å². The predicted molar refractivity (Wildman–Crippen MR) is 75.1 cm³/mol. The van der Waals surface area contributed by atoms with Crippen LogP contribution in [0.2, 0.25) is 5.02 Å². The molecule has 6 heteroatoms. The van der Waals surface area contributed by atoms with E-state index in [2.05, 4.69) is 10.3 Å². The summed E-state index contributed by atoms with van der Waals surface area (Å²) < 4.78 is 1.63. The summed E-state index contributed by atoms with van der Waals surface area (Å²) in [5.74, 6) is 0. The molecular formula is C13H8ClN3OS. The smallest absolute Gasteiger partial charge is 0.172 e. The van der Waals surface area contributed by atoms with E-state index in [1.165, 1.54) is 11.3 Å². The van der Waals surface area contributed by atoms with Crippen LogP contribution in [0.1, 0.15) is 10.5 Å². The van der Waals surface area contributed by atoms with Crippen molar-refractivity contribution in [2.45, 2.75) is 0 Å². The zero-order valence-corrected chi connectivity index (χ0v) is 11.2. The molecule has 0 amide bonds. The van der Waals surface area contributed by atoms with Crippen LogP contribution in [0.5, 0.6) is 0 Å². The molecule has 2 heterocycles. The van der Waals surface area contributed by atoms with Gasteiger partial charge in [-0.1, -0.05) is 28.9 Å². The molecule has 0 atom stereocenters. The molecule has 3 aromatic rings. The van der Waals surface area contributed by atoms with Gasteiger partial charge in [0.15, 0.2) is 12.0 Å². The van der Waals surface area contributed by atoms with Crippen LogP contribution in [0.25, 0.3) is 16.3 Å². The molecule has 0 radical (unpaired) electrons. The Labute approximate surface area is 118 Å². The van der Waals surface area contributed by atoms with Gasteiger partial charge in [0.25, 0.3) is 0 Å². The second kappa shape index (κ2) is 4.95. The van der Waals surface area contributed by atoms with Crippen LogP contribution >= 0.6 is 22.9 Å². The highest BCUT2D eigenvalue weighted by Gasteiger charge is 2.16. The normalized spacial score (nSPS) is 10.6. The number of carbonyl (C=O) groups is 1. The number of aromatic nitrogens is 3. The average Bonchev–Trinajstić information content (AvgIpc) is 3.07. The maximum atomic E-state index is 11.1. The SMILES string of the molecule is O=Cc1nnn(-c2cccc(Cl)c2)c1-c1cccs1. The van der Waals surface area contributed by atoms with Gasteiger partial charge in [0, 0.05) is 5.02 Å². The van der Waals surface area contributed by atoms with Gasteiger partial charge in [-0.15, -0.1) is 16.4 Å². The van der Waals surface area contributed by atoms with Crippen LogP contribution in [0, 0.1) is 0 Å². The average molecular weight is 290 g/mol. The van der Waals surface area contributed by atoms with Gasteiger partial charge in [-0.3, -0.25) is 4.79 Å². The lowest BCUT2D eigenvalue weighted by molar-refractivity contribution is 0.111. The van der Waals surface area contributed by atoms with Crippen LogP contribution in [0.15, 0.2) is 41.8 Å². The van der Waals surface area contributed by atoms with E-state index in [0.717, 1.165) is 10.6 Å². The van der Waals surface area contributed by atoms with Gasteiger partial charge in [0.05, 0.1) is 10.6 Å². The second-order valence-corrected chi connectivity index (χ2v) is 5.19. The Balaban J connectivity index is 2.23. The molecule has 3 rings (SSSR count). The molecule has 19 heavy (non-hydrogen) atoms. The largest absolute Gasteiger partial charge is 0.296 e. The van der Waals surface area contributed by atoms with E-state index in [1.807, 2.05) is 29.6 Å². The van der Waals surface area contributed by atoms with Gasteiger partial charge in [-0.25, -0.2) is 4.68 Å². The minimum absolute atomic E-state index is 0.322. The molecule has 0 spiro atoms. The summed E-state index contributed by atoms with van der Waals surface area (Å²) in [6.45, 7) is 0. The van der Waals surface area contributed by atoms with Crippen molar-refractivity contribution >= 4 is 29.2 Å². The van der Waals surface area contributed by atoms with Crippen molar-refractivity contribution in [1.82, 2.24) is 15.0 Å². The lowest BCUT2D eigenvalue weighted by Crippen LogP contribution is -1.99. The molecule has 0 bridgehead atoms. The van der Waals surface area contributed by atoms with E-state index in [4.69, 9.17) is 11.6 Å². The number of hydrogen-bond acceptors (Lipinski definition) is 4. The third-order valence-corrected chi connectivity index (χ3v) is 3.73. The first kappa shape index (κ1) is 12.1. The number of carbonyl (C=O) groups excluding carboxylic acids is 1. The summed E-state index contributed by atoms with van der Waals surface area (Å²) in [5, 5.41) is 10.5. The molecule has 0 aliphatic rings. The lowest BCUT2D eigenvalue weighted by Gasteiger charge is -2.05. The predicted octanol–water partition coefficient (Wildman–Crippen LogP) is 3.46. The molecule has 0 aliphatic heterocycles. The van der Waals surface area contributed by atoms with Crippen LogP contribution in [0.4, 0.5) is 0 Å². The van der Waals surface area contributed by atoms with Crippen molar-refractivity contribution in [1.29, 1.82) is 0 Å². The fraction of sp³-hybridized carbons (Fsp3) is 0. The van der Waals surface area contributed by atoms with Crippen LogP contribution in [-0.4, -0.2) is 21.3 Å². The first-order valence-electron chi connectivity index (χ1n) is 5.50. The van der Waals surface area contributed by atoms with Crippen molar-refractivity contribution in [3.8, 4) is 16.3 Å². The maximum Gasteiger partial charge on any atom is 0.172 e. The summed E-state index contributed by atoms with van der Waals surface area (Å²) in [4.78, 5) is 12.0. The molecular weight excluding hydrogens is 282 g/mol. The van der Waals surface area contributed by atoms with E-state index in [9.17, 15) is 4.79 Å². The molecule has 0 N–H and O–H groups in total. The quantitative estimate of drug-likeness (QED) is 0.694. The maximum absolute atomic E-state index is 11.1. The Kier molecular flexibility index (Phi) is 3.15. The Morgan fingerprint density at radius 1 is 1.26 bits per heavy atom. The molecule has 2 aromatic heterocycles. The molecule has 4 nitrogen and oxygen atoms in total. The Bertz CT molecular complexity index is 721. The third-order valence-electron chi connectivity index (χ3n) is 2.62. The number of rotatable bonds is 3. The standard InChI is InChI=1S/C13H8ClN3OS/c14-9-3-1-4-10(7-9)17-13(11(8-18)15-16-17)12-5-2-6-19-12/h1-8H. The zero-order valence-electron chi connectivity index (χ0n) is 9.65. The lowest BCUT2D eigenvalue weighted by atomic mass is 10.2. The van der Waals surface area contributed by atoms with Crippen LogP contribution in [0.3, 0.4) is 0 Å². The number of aldehydes is 1. The summed E-state index contributed by atoms with van der Waals surface area (Å²) >= 11 is 7.51. The number of thiophene rings is 1. The summed E-state index contributed by atoms with van der Waals surface area (Å²) in [6, 6.07) is 11.1. The molecule has 0 saturated heterocycles. The molecule has 94 valence electrons. The summed E-state index contributed by atoms with van der Waals surface area (Å²) in [5.41, 5.74) is 1.78. The van der Waals surface area contributed by atoms with Crippen molar-refractivity contribution in [3.63, 3.8) is 0 Å². The Morgan fingerprint density at radius 2 is 2.16 bits per heavy atom. The highest BCUT2D eigenvalue weighted by atomic mass is 35.5. The second-order valence-electron chi connectivity index (χ2n) is 3.81. The van der Waals surface area contributed by atoms with E-state index >= 15 is 0 Å². The number of benzene rings is 1. The van der Waals surface area contributed by atoms with E-state index in [-0.39, 0.29) is 0 Å². The van der Waals surface area contributed by atoms with Crippen molar-refractivity contribution in [3.05, 3.63) is 52.5 Å². The molecule has 1 aromatic carbocycles. The molecule has 0 aliphatic carbocycles. The Hall–Kier alpha value is -1.98. The fourth-order valence-electron chi connectivity index (χ4n) is 1.81. The van der Waals surface area contributed by atoms with Crippen LogP contribution < -0.4 is 0 Å². The third kappa shape index (κ3) is 2.18. The minimum atomic E-state index is 0.322. The van der Waals surface area contributed by atoms with Gasteiger partial charge in [0.1, 0.15) is 5.69 Å². The topological polar surface area (TPSA) is 47.8 Å². The number of halogens is 1. The molecule has 0 saturated carbocycles.